The molecule has 0 radical (unpaired) electrons. The molecule has 4 saturated carbocycles. The first kappa shape index (κ1) is 12.1. The van der Waals surface area contributed by atoms with E-state index in [1.54, 1.807) is 11.4 Å². The van der Waals surface area contributed by atoms with Gasteiger partial charge in [-0.05, 0) is 75.9 Å². The van der Waals surface area contributed by atoms with Crippen LogP contribution in [-0.4, -0.2) is 13.8 Å². The summed E-state index contributed by atoms with van der Waals surface area (Å²) in [5, 5.41) is 0. The predicted octanol–water partition coefficient (Wildman–Crippen LogP) is 4.24. The number of hydrogen-bond acceptors (Lipinski definition) is 2. The molecule has 0 aromatic heterocycles. The van der Waals surface area contributed by atoms with Crippen LogP contribution in [0.5, 0.6) is 0 Å². The summed E-state index contributed by atoms with van der Waals surface area (Å²) in [4.78, 5) is 0. The van der Waals surface area contributed by atoms with Crippen molar-refractivity contribution in [2.75, 3.05) is 0 Å². The maximum absolute atomic E-state index is 4.99. The lowest BCUT2D eigenvalue weighted by atomic mass is 9.53. The number of hydrogen-bond donors (Lipinski definition) is 0. The molecule has 0 aromatic rings. The van der Waals surface area contributed by atoms with Crippen LogP contribution in [0.3, 0.4) is 0 Å². The monoisotopic (exact) mass is 268 g/mol. The average Bonchev–Trinajstić information content (AvgIpc) is 2.11. The Morgan fingerprint density at radius 1 is 0.941 bits per heavy atom. The van der Waals surface area contributed by atoms with Crippen LogP contribution in [-0.2, 0) is 11.4 Å². The highest BCUT2D eigenvalue weighted by Crippen LogP contribution is 2.57. The van der Waals surface area contributed by atoms with Crippen LogP contribution >= 0.6 is 0 Å². The Labute approximate surface area is 110 Å². The lowest BCUT2D eigenvalue weighted by Gasteiger charge is -2.54. The summed E-state index contributed by atoms with van der Waals surface area (Å²) in [6, 6.07) is 0. The van der Waals surface area contributed by atoms with Crippen molar-refractivity contribution < 1.29 is 0 Å². The van der Waals surface area contributed by atoms with E-state index >= 15 is 0 Å². The van der Waals surface area contributed by atoms with Crippen LogP contribution in [0.15, 0.2) is 8.39 Å². The molecule has 4 bridgehead atoms. The van der Waals surface area contributed by atoms with Gasteiger partial charge >= 0.3 is 0 Å². The Kier molecular flexibility index (Phi) is 2.86. The van der Waals surface area contributed by atoms with Crippen molar-refractivity contribution in [3.05, 3.63) is 0 Å². The molecule has 0 amide bonds. The Hall–Kier alpha value is 0.0369. The van der Waals surface area contributed by atoms with E-state index in [9.17, 15) is 0 Å². The van der Waals surface area contributed by atoms with Gasteiger partial charge in [0.25, 0.3) is 0 Å². The van der Waals surface area contributed by atoms with Crippen molar-refractivity contribution in [2.24, 2.45) is 26.1 Å². The average molecular weight is 269 g/mol. The Bertz CT molecular complexity index is 344. The van der Waals surface area contributed by atoms with Gasteiger partial charge in [0.1, 0.15) is 0 Å². The van der Waals surface area contributed by atoms with E-state index in [4.69, 9.17) is 8.39 Å². The fourth-order valence-corrected chi connectivity index (χ4v) is 5.95. The molecule has 0 heterocycles. The minimum atomic E-state index is -1.30. The van der Waals surface area contributed by atoms with Crippen molar-refractivity contribution in [3.63, 3.8) is 0 Å². The highest BCUT2D eigenvalue weighted by atomic mass is 32.1. The first-order chi connectivity index (χ1) is 7.94. The highest BCUT2D eigenvalue weighted by Gasteiger charge is 2.51. The normalized spacial score (nSPS) is 43.6. The van der Waals surface area contributed by atoms with Gasteiger partial charge in [0.2, 0.25) is 0 Å². The molecule has 0 saturated heterocycles. The summed E-state index contributed by atoms with van der Waals surface area (Å²) in [5.41, 5.74) is 0.336. The zero-order valence-corrected chi connectivity index (χ0v) is 13.1. The van der Waals surface area contributed by atoms with Gasteiger partial charge in [-0.15, -0.1) is 0 Å². The molecule has 0 unspecified atom stereocenters. The molecule has 4 fully saturated rings. The van der Waals surface area contributed by atoms with Gasteiger partial charge < -0.3 is 0 Å². The largest absolute Gasteiger partial charge is 0.256 e. The molecule has 4 rings (SSSR count). The van der Waals surface area contributed by atoms with E-state index in [2.05, 4.69) is 19.6 Å². The van der Waals surface area contributed by atoms with E-state index in [-0.39, 0.29) is 0 Å². The Morgan fingerprint density at radius 3 is 1.82 bits per heavy atom. The minimum absolute atomic E-state index is 0.336. The van der Waals surface area contributed by atoms with Crippen LogP contribution in [0.1, 0.15) is 38.5 Å². The van der Waals surface area contributed by atoms with Crippen molar-refractivity contribution >= 4 is 19.6 Å². The topological polar surface area (TPSA) is 24.7 Å². The second kappa shape index (κ2) is 4.02. The second-order valence-corrected chi connectivity index (χ2v) is 13.0. The standard InChI is InChI=1S/C13H24N2SSi/c1-17(2,3)15-16-14-13-7-10-4-11(8-13)6-12(5-10)9-13/h10-12H,4-9H2,1-3H3. The van der Waals surface area contributed by atoms with Gasteiger partial charge in [0, 0.05) is 11.4 Å². The van der Waals surface area contributed by atoms with Crippen LogP contribution in [0.25, 0.3) is 0 Å². The Morgan fingerprint density at radius 2 is 1.41 bits per heavy atom. The molecule has 0 aromatic carbocycles. The molecule has 4 aliphatic rings. The predicted molar refractivity (Wildman–Crippen MR) is 76.5 cm³/mol. The van der Waals surface area contributed by atoms with Crippen molar-refractivity contribution in [1.82, 2.24) is 0 Å². The van der Waals surface area contributed by atoms with Crippen LogP contribution in [0.2, 0.25) is 19.6 Å². The molecule has 2 nitrogen and oxygen atoms in total. The number of nitrogens with zero attached hydrogens (tertiary/aromatic N) is 2. The van der Waals surface area contributed by atoms with E-state index in [1.165, 1.54) is 38.5 Å². The third-order valence-corrected chi connectivity index (χ3v) is 7.54. The maximum Gasteiger partial charge on any atom is 0.190 e. The van der Waals surface area contributed by atoms with Gasteiger partial charge in [-0.3, -0.25) is 4.03 Å². The van der Waals surface area contributed by atoms with Crippen molar-refractivity contribution in [1.29, 1.82) is 0 Å². The fraction of sp³-hybridized carbons (Fsp3) is 1.00. The molecular weight excluding hydrogens is 244 g/mol. The molecule has 0 N–H and O–H groups in total. The van der Waals surface area contributed by atoms with E-state index in [0.29, 0.717) is 5.54 Å². The first-order valence-corrected chi connectivity index (χ1v) is 11.2. The molecule has 0 aliphatic heterocycles. The molecular formula is C13H24N2SSi. The quantitative estimate of drug-likeness (QED) is 0.669. The van der Waals surface area contributed by atoms with Crippen molar-refractivity contribution in [3.8, 4) is 0 Å². The maximum atomic E-state index is 4.99. The highest BCUT2D eigenvalue weighted by molar-refractivity contribution is 7.58. The fourth-order valence-electron chi connectivity index (χ4n) is 4.41. The summed E-state index contributed by atoms with van der Waals surface area (Å²) in [5.74, 6) is 2.99. The van der Waals surface area contributed by atoms with Gasteiger partial charge in [-0.2, -0.15) is 0 Å². The van der Waals surface area contributed by atoms with Gasteiger partial charge in [0.05, 0.1) is 5.54 Å². The lowest BCUT2D eigenvalue weighted by Crippen LogP contribution is -2.49. The molecule has 0 spiro atoms. The van der Waals surface area contributed by atoms with Crippen LogP contribution < -0.4 is 0 Å². The molecule has 4 aliphatic carbocycles. The molecule has 96 valence electrons. The molecule has 0 atom stereocenters. The third kappa shape index (κ3) is 2.57. The van der Waals surface area contributed by atoms with Gasteiger partial charge in [-0.25, -0.2) is 4.36 Å². The molecule has 4 heteroatoms. The summed E-state index contributed by atoms with van der Waals surface area (Å²) >= 11 is 1.56. The Balaban J connectivity index is 1.81. The number of rotatable bonds is 2. The van der Waals surface area contributed by atoms with E-state index < -0.39 is 8.24 Å². The van der Waals surface area contributed by atoms with Crippen LogP contribution in [0, 0.1) is 17.8 Å². The zero-order valence-electron chi connectivity index (χ0n) is 11.3. The van der Waals surface area contributed by atoms with E-state index in [0.717, 1.165) is 17.8 Å². The van der Waals surface area contributed by atoms with Gasteiger partial charge in [-0.1, -0.05) is 0 Å². The van der Waals surface area contributed by atoms with Gasteiger partial charge in [0.15, 0.2) is 8.24 Å². The lowest BCUT2D eigenvalue weighted by molar-refractivity contribution is 0.00289. The second-order valence-electron chi connectivity index (χ2n) is 7.58. The minimum Gasteiger partial charge on any atom is -0.256 e. The zero-order chi connectivity index (χ0) is 12.1. The van der Waals surface area contributed by atoms with Crippen LogP contribution in [0.4, 0.5) is 0 Å². The third-order valence-electron chi connectivity index (χ3n) is 4.56. The molecule has 17 heavy (non-hydrogen) atoms. The SMILES string of the molecule is C[Si](C)(C)N=S=NC12CC3CC(CC(C3)C1)C2. The summed E-state index contributed by atoms with van der Waals surface area (Å²) in [6.45, 7) is 6.86. The van der Waals surface area contributed by atoms with Crippen molar-refractivity contribution in [2.45, 2.75) is 63.7 Å². The summed E-state index contributed by atoms with van der Waals surface area (Å²) < 4.78 is 9.71. The smallest absolute Gasteiger partial charge is 0.190 e. The summed E-state index contributed by atoms with van der Waals surface area (Å²) in [7, 11) is -1.30. The summed E-state index contributed by atoms with van der Waals surface area (Å²) in [6.07, 6.45) is 8.62. The first-order valence-electron chi connectivity index (χ1n) is 7.05. The van der Waals surface area contributed by atoms with E-state index in [1.807, 2.05) is 0 Å².